The molecule has 122 valence electrons. The Bertz CT molecular complexity index is 884. The molecule has 3 aromatic heterocycles. The molecule has 1 saturated carbocycles. The molecular formula is C16H14ClN5O2. The lowest BCUT2D eigenvalue weighted by atomic mass is 10.2. The number of pyridine rings is 1. The van der Waals surface area contributed by atoms with Crippen LogP contribution in [-0.2, 0) is 11.2 Å². The van der Waals surface area contributed by atoms with E-state index in [4.69, 9.17) is 16.1 Å². The second kappa shape index (κ2) is 6.09. The van der Waals surface area contributed by atoms with Gasteiger partial charge in [-0.2, -0.15) is 0 Å². The van der Waals surface area contributed by atoms with E-state index in [2.05, 4.69) is 20.6 Å². The van der Waals surface area contributed by atoms with Gasteiger partial charge in [0.05, 0.1) is 17.1 Å². The van der Waals surface area contributed by atoms with E-state index in [1.165, 1.54) is 4.68 Å². The average Bonchev–Trinajstić information content (AvgIpc) is 3.15. The summed E-state index contributed by atoms with van der Waals surface area (Å²) in [5.74, 6) is 1.77. The molecule has 1 aliphatic rings. The van der Waals surface area contributed by atoms with E-state index in [-0.39, 0.29) is 12.3 Å². The summed E-state index contributed by atoms with van der Waals surface area (Å²) in [6.45, 7) is 0. The number of hydrogen-bond acceptors (Lipinski definition) is 5. The molecule has 0 spiro atoms. The second-order valence-electron chi connectivity index (χ2n) is 5.67. The lowest BCUT2D eigenvalue weighted by Gasteiger charge is -2.02. The zero-order valence-corrected chi connectivity index (χ0v) is 13.4. The van der Waals surface area contributed by atoms with E-state index in [1.807, 2.05) is 6.07 Å². The predicted octanol–water partition coefficient (Wildman–Crippen LogP) is 2.97. The number of rotatable bonds is 5. The maximum absolute atomic E-state index is 12.1. The number of aromatic nitrogens is 4. The monoisotopic (exact) mass is 343 g/mol. The second-order valence-corrected chi connectivity index (χ2v) is 6.08. The molecule has 1 aliphatic carbocycles. The van der Waals surface area contributed by atoms with Crippen molar-refractivity contribution in [3.05, 3.63) is 53.1 Å². The van der Waals surface area contributed by atoms with Crippen LogP contribution in [0.2, 0.25) is 5.02 Å². The van der Waals surface area contributed by atoms with Gasteiger partial charge in [-0.15, -0.1) is 5.10 Å². The molecule has 24 heavy (non-hydrogen) atoms. The van der Waals surface area contributed by atoms with Crippen LogP contribution in [0, 0.1) is 0 Å². The number of amides is 1. The molecule has 0 unspecified atom stereocenters. The van der Waals surface area contributed by atoms with Crippen LogP contribution in [0.5, 0.6) is 0 Å². The van der Waals surface area contributed by atoms with Crippen LogP contribution in [0.15, 0.2) is 41.2 Å². The van der Waals surface area contributed by atoms with Crippen molar-refractivity contribution in [3.8, 4) is 5.82 Å². The highest BCUT2D eigenvalue weighted by molar-refractivity contribution is 6.32. The van der Waals surface area contributed by atoms with Crippen molar-refractivity contribution >= 4 is 23.3 Å². The standard InChI is InChI=1S/C16H14ClN5O2/c17-12-2-1-6-18-16(12)22-7-5-14(20-22)19-15(23)9-11-8-13(21-24-11)10-3-4-10/h1-2,5-8,10H,3-4,9H2,(H,19,20,23). The molecular weight excluding hydrogens is 330 g/mol. The van der Waals surface area contributed by atoms with E-state index < -0.39 is 0 Å². The van der Waals surface area contributed by atoms with Crippen molar-refractivity contribution in [3.63, 3.8) is 0 Å². The smallest absolute Gasteiger partial charge is 0.233 e. The van der Waals surface area contributed by atoms with Gasteiger partial charge in [-0.3, -0.25) is 4.79 Å². The van der Waals surface area contributed by atoms with Crippen LogP contribution < -0.4 is 5.32 Å². The summed E-state index contributed by atoms with van der Waals surface area (Å²) in [6, 6.07) is 7.00. The van der Waals surface area contributed by atoms with Crippen molar-refractivity contribution in [1.29, 1.82) is 0 Å². The van der Waals surface area contributed by atoms with Gasteiger partial charge < -0.3 is 9.84 Å². The topological polar surface area (TPSA) is 85.8 Å². The van der Waals surface area contributed by atoms with Crippen LogP contribution in [-0.4, -0.2) is 25.8 Å². The fraction of sp³-hybridized carbons (Fsp3) is 0.250. The Morgan fingerprint density at radius 1 is 1.42 bits per heavy atom. The highest BCUT2D eigenvalue weighted by Crippen LogP contribution is 2.39. The molecule has 0 aliphatic heterocycles. The SMILES string of the molecule is O=C(Cc1cc(C2CC2)no1)Nc1ccn(-c2ncccc2Cl)n1. The molecule has 0 atom stereocenters. The first-order valence-corrected chi connectivity index (χ1v) is 7.99. The molecule has 4 rings (SSSR count). The number of carbonyl (C=O) groups is 1. The zero-order chi connectivity index (χ0) is 16.5. The third-order valence-electron chi connectivity index (χ3n) is 3.72. The Kier molecular flexibility index (Phi) is 3.78. The molecule has 7 nitrogen and oxygen atoms in total. The van der Waals surface area contributed by atoms with Gasteiger partial charge in [0.15, 0.2) is 11.6 Å². The first-order chi connectivity index (χ1) is 11.7. The molecule has 3 aromatic rings. The zero-order valence-electron chi connectivity index (χ0n) is 12.6. The number of anilines is 1. The average molecular weight is 344 g/mol. The number of halogens is 1. The van der Waals surface area contributed by atoms with Gasteiger partial charge >= 0.3 is 0 Å². The molecule has 1 amide bonds. The largest absolute Gasteiger partial charge is 0.361 e. The van der Waals surface area contributed by atoms with Crippen LogP contribution in [0.3, 0.4) is 0 Å². The van der Waals surface area contributed by atoms with Crippen LogP contribution in [0.1, 0.15) is 30.2 Å². The first kappa shape index (κ1) is 14.9. The lowest BCUT2D eigenvalue weighted by Crippen LogP contribution is -2.14. The van der Waals surface area contributed by atoms with E-state index in [0.717, 1.165) is 18.5 Å². The van der Waals surface area contributed by atoms with Crippen molar-refractivity contribution in [1.82, 2.24) is 19.9 Å². The number of nitrogens with one attached hydrogen (secondary N) is 1. The number of nitrogens with zero attached hydrogens (tertiary/aromatic N) is 4. The predicted molar refractivity (Wildman–Crippen MR) is 87.2 cm³/mol. The molecule has 0 aromatic carbocycles. The fourth-order valence-corrected chi connectivity index (χ4v) is 2.59. The van der Waals surface area contributed by atoms with E-state index >= 15 is 0 Å². The molecule has 0 saturated heterocycles. The van der Waals surface area contributed by atoms with Gasteiger partial charge in [0.25, 0.3) is 0 Å². The maximum Gasteiger partial charge on any atom is 0.233 e. The highest BCUT2D eigenvalue weighted by atomic mass is 35.5. The van der Waals surface area contributed by atoms with Crippen molar-refractivity contribution < 1.29 is 9.32 Å². The third-order valence-corrected chi connectivity index (χ3v) is 4.02. The molecule has 3 heterocycles. The van der Waals surface area contributed by atoms with Crippen LogP contribution in [0.4, 0.5) is 5.82 Å². The lowest BCUT2D eigenvalue weighted by molar-refractivity contribution is -0.115. The third kappa shape index (κ3) is 3.16. The molecule has 1 N–H and O–H groups in total. The Morgan fingerprint density at radius 3 is 3.08 bits per heavy atom. The van der Waals surface area contributed by atoms with Crippen molar-refractivity contribution in [2.75, 3.05) is 5.32 Å². The Labute approximate surface area is 142 Å². The summed E-state index contributed by atoms with van der Waals surface area (Å²) in [4.78, 5) is 16.3. The highest BCUT2D eigenvalue weighted by Gasteiger charge is 2.27. The summed E-state index contributed by atoms with van der Waals surface area (Å²) < 4.78 is 6.71. The quantitative estimate of drug-likeness (QED) is 0.769. The molecule has 0 radical (unpaired) electrons. The van der Waals surface area contributed by atoms with Crippen LogP contribution in [0.25, 0.3) is 5.82 Å². The summed E-state index contributed by atoms with van der Waals surface area (Å²) >= 11 is 6.08. The van der Waals surface area contributed by atoms with Crippen molar-refractivity contribution in [2.24, 2.45) is 0 Å². The summed E-state index contributed by atoms with van der Waals surface area (Å²) in [7, 11) is 0. The summed E-state index contributed by atoms with van der Waals surface area (Å²) in [5, 5.41) is 11.5. The minimum absolute atomic E-state index is 0.122. The van der Waals surface area contributed by atoms with E-state index in [9.17, 15) is 4.79 Å². The van der Waals surface area contributed by atoms with Gasteiger partial charge in [-0.25, -0.2) is 9.67 Å². The minimum atomic E-state index is -0.217. The van der Waals surface area contributed by atoms with Crippen LogP contribution >= 0.6 is 11.6 Å². The molecule has 0 bridgehead atoms. The normalized spacial score (nSPS) is 13.9. The van der Waals surface area contributed by atoms with Gasteiger partial charge in [0.1, 0.15) is 5.76 Å². The summed E-state index contributed by atoms with van der Waals surface area (Å²) in [6.07, 6.45) is 5.72. The maximum atomic E-state index is 12.1. The first-order valence-electron chi connectivity index (χ1n) is 7.61. The number of hydrogen-bond donors (Lipinski definition) is 1. The Balaban J connectivity index is 1.41. The molecule has 8 heteroatoms. The minimum Gasteiger partial charge on any atom is -0.361 e. The van der Waals surface area contributed by atoms with Gasteiger partial charge in [0.2, 0.25) is 5.91 Å². The van der Waals surface area contributed by atoms with Gasteiger partial charge in [0, 0.05) is 30.4 Å². The Morgan fingerprint density at radius 2 is 2.29 bits per heavy atom. The van der Waals surface area contributed by atoms with Crippen molar-refractivity contribution in [2.45, 2.75) is 25.2 Å². The number of carbonyl (C=O) groups excluding carboxylic acids is 1. The summed E-state index contributed by atoms with van der Waals surface area (Å²) in [5.41, 5.74) is 0.937. The van der Waals surface area contributed by atoms with Gasteiger partial charge in [-0.05, 0) is 25.0 Å². The van der Waals surface area contributed by atoms with E-state index in [1.54, 1.807) is 30.6 Å². The van der Waals surface area contributed by atoms with E-state index in [0.29, 0.717) is 28.3 Å². The fourth-order valence-electron chi connectivity index (χ4n) is 2.38. The molecule has 1 fully saturated rings. The Hall–Kier alpha value is -2.67. The van der Waals surface area contributed by atoms with Gasteiger partial charge in [-0.1, -0.05) is 16.8 Å².